The molecule has 0 amide bonds. The highest BCUT2D eigenvalue weighted by Crippen LogP contribution is 2.23. The SMILES string of the molecule is Brc1cnc2[nH]c(C3=CC=[C+]C=C3)cc2c1. The van der Waals surface area contributed by atoms with Gasteiger partial charge in [0.25, 0.3) is 0 Å². The summed E-state index contributed by atoms with van der Waals surface area (Å²) in [5, 5.41) is 1.11. The standard InChI is InChI=1S/C13H8BrN2/c14-11-6-10-7-12(16-13(10)15-8-11)9-4-2-1-3-5-9/h2-8H,(H,15,16)/q+1. The highest BCUT2D eigenvalue weighted by Gasteiger charge is 2.09. The van der Waals surface area contributed by atoms with Crippen LogP contribution in [0, 0.1) is 6.08 Å². The molecule has 0 fully saturated rings. The number of halogens is 1. The third-order valence-corrected chi connectivity index (χ3v) is 2.90. The number of rotatable bonds is 1. The van der Waals surface area contributed by atoms with Gasteiger partial charge in [0.1, 0.15) is 23.4 Å². The van der Waals surface area contributed by atoms with Gasteiger partial charge in [0.2, 0.25) is 0 Å². The molecule has 76 valence electrons. The van der Waals surface area contributed by atoms with Gasteiger partial charge in [0.05, 0.1) is 17.8 Å². The summed E-state index contributed by atoms with van der Waals surface area (Å²) in [7, 11) is 0. The normalized spacial score (nSPS) is 13.9. The number of hydrogen-bond acceptors (Lipinski definition) is 1. The number of pyridine rings is 1. The zero-order valence-corrected chi connectivity index (χ0v) is 9.95. The van der Waals surface area contributed by atoms with Crippen LogP contribution >= 0.6 is 15.9 Å². The maximum atomic E-state index is 4.32. The quantitative estimate of drug-likeness (QED) is 0.789. The highest BCUT2D eigenvalue weighted by molar-refractivity contribution is 9.10. The van der Waals surface area contributed by atoms with Gasteiger partial charge in [-0.05, 0) is 28.1 Å². The van der Waals surface area contributed by atoms with Crippen LogP contribution in [0.25, 0.3) is 16.6 Å². The lowest BCUT2D eigenvalue weighted by molar-refractivity contribution is 1.29. The van der Waals surface area contributed by atoms with Gasteiger partial charge < -0.3 is 4.98 Å². The van der Waals surface area contributed by atoms with Crippen molar-refractivity contribution in [3.63, 3.8) is 0 Å². The molecule has 0 aliphatic heterocycles. The van der Waals surface area contributed by atoms with Gasteiger partial charge in [-0.15, -0.1) is 0 Å². The maximum absolute atomic E-state index is 4.32. The van der Waals surface area contributed by atoms with Crippen LogP contribution in [-0.2, 0) is 0 Å². The van der Waals surface area contributed by atoms with Crippen molar-refractivity contribution in [3.05, 3.63) is 58.9 Å². The van der Waals surface area contributed by atoms with Gasteiger partial charge in [0.15, 0.2) is 0 Å². The molecular weight excluding hydrogens is 264 g/mol. The first kappa shape index (κ1) is 9.52. The lowest BCUT2D eigenvalue weighted by atomic mass is 10.1. The van der Waals surface area contributed by atoms with E-state index in [1.54, 1.807) is 6.20 Å². The Bertz CT molecular complexity index is 632. The Hall–Kier alpha value is -1.70. The van der Waals surface area contributed by atoms with Crippen molar-refractivity contribution in [2.75, 3.05) is 0 Å². The van der Waals surface area contributed by atoms with Crippen LogP contribution < -0.4 is 0 Å². The Morgan fingerprint density at radius 3 is 3.06 bits per heavy atom. The second-order valence-electron chi connectivity index (χ2n) is 3.56. The van der Waals surface area contributed by atoms with E-state index in [1.165, 1.54) is 0 Å². The van der Waals surface area contributed by atoms with Crippen LogP contribution in [0.15, 0.2) is 47.1 Å². The molecule has 0 radical (unpaired) electrons. The number of nitrogens with zero attached hydrogens (tertiary/aromatic N) is 1. The summed E-state index contributed by atoms with van der Waals surface area (Å²) in [6.07, 6.45) is 12.7. The summed E-state index contributed by atoms with van der Waals surface area (Å²) in [6, 6.07) is 4.15. The fourth-order valence-electron chi connectivity index (χ4n) is 1.71. The summed E-state index contributed by atoms with van der Waals surface area (Å²) in [6.45, 7) is 0. The van der Waals surface area contributed by atoms with E-state index in [-0.39, 0.29) is 0 Å². The van der Waals surface area contributed by atoms with Crippen molar-refractivity contribution in [1.82, 2.24) is 9.97 Å². The molecular formula is C13H8BrN2+. The number of aromatic nitrogens is 2. The molecule has 0 saturated heterocycles. The van der Waals surface area contributed by atoms with E-state index in [0.29, 0.717) is 0 Å². The van der Waals surface area contributed by atoms with Gasteiger partial charge >= 0.3 is 0 Å². The number of nitrogens with one attached hydrogen (secondary N) is 1. The molecule has 1 N–H and O–H groups in total. The summed E-state index contributed by atoms with van der Waals surface area (Å²) < 4.78 is 0.993. The summed E-state index contributed by atoms with van der Waals surface area (Å²) in [5.41, 5.74) is 3.13. The van der Waals surface area contributed by atoms with Crippen LogP contribution in [0.3, 0.4) is 0 Å². The first-order valence-electron chi connectivity index (χ1n) is 4.94. The van der Waals surface area contributed by atoms with Crippen molar-refractivity contribution in [2.45, 2.75) is 0 Å². The largest absolute Gasteiger partial charge is 0.337 e. The molecule has 1 aliphatic rings. The Morgan fingerprint density at radius 1 is 1.31 bits per heavy atom. The average molecular weight is 272 g/mol. The molecule has 2 aromatic rings. The van der Waals surface area contributed by atoms with Crippen LogP contribution in [0.5, 0.6) is 0 Å². The Balaban J connectivity index is 2.15. The molecule has 2 nitrogen and oxygen atoms in total. The minimum absolute atomic E-state index is 0.908. The molecule has 2 aromatic heterocycles. The molecule has 0 bridgehead atoms. The van der Waals surface area contributed by atoms with Crippen molar-refractivity contribution in [3.8, 4) is 0 Å². The lowest BCUT2D eigenvalue weighted by Gasteiger charge is -1.91. The fraction of sp³-hybridized carbons (Fsp3) is 0. The zero-order valence-electron chi connectivity index (χ0n) is 8.37. The number of hydrogen-bond donors (Lipinski definition) is 1. The fourth-order valence-corrected chi connectivity index (χ4v) is 2.06. The van der Waals surface area contributed by atoms with Gasteiger partial charge in [0, 0.05) is 22.1 Å². The molecule has 0 unspecified atom stereocenters. The number of aromatic amines is 1. The second-order valence-corrected chi connectivity index (χ2v) is 4.48. The van der Waals surface area contributed by atoms with Crippen LogP contribution in [0.4, 0.5) is 0 Å². The van der Waals surface area contributed by atoms with Crippen LogP contribution in [0.2, 0.25) is 0 Å². The van der Waals surface area contributed by atoms with E-state index >= 15 is 0 Å². The van der Waals surface area contributed by atoms with E-state index in [9.17, 15) is 0 Å². The number of H-pyrrole nitrogens is 1. The molecule has 3 heteroatoms. The van der Waals surface area contributed by atoms with Gasteiger partial charge in [-0.3, -0.25) is 0 Å². The van der Waals surface area contributed by atoms with Gasteiger partial charge in [-0.25, -0.2) is 4.98 Å². The Labute approximate surface area is 102 Å². The highest BCUT2D eigenvalue weighted by atomic mass is 79.9. The summed E-state index contributed by atoms with van der Waals surface area (Å²) in [5.74, 6) is 0. The second kappa shape index (κ2) is 3.71. The van der Waals surface area contributed by atoms with Gasteiger partial charge in [-0.1, -0.05) is 0 Å². The molecule has 0 saturated carbocycles. The van der Waals surface area contributed by atoms with Crippen molar-refractivity contribution < 1.29 is 0 Å². The van der Waals surface area contributed by atoms with Crippen molar-refractivity contribution in [2.24, 2.45) is 0 Å². The molecule has 1 aliphatic carbocycles. The number of allylic oxidation sites excluding steroid dienone is 6. The molecule has 0 aromatic carbocycles. The number of fused-ring (bicyclic) bond motifs is 1. The van der Waals surface area contributed by atoms with Crippen molar-refractivity contribution in [1.29, 1.82) is 0 Å². The maximum Gasteiger partial charge on any atom is 0.137 e. The van der Waals surface area contributed by atoms with E-state index < -0.39 is 0 Å². The van der Waals surface area contributed by atoms with E-state index in [1.807, 2.05) is 24.3 Å². The first-order valence-corrected chi connectivity index (χ1v) is 5.73. The van der Waals surface area contributed by atoms with Gasteiger partial charge in [-0.2, -0.15) is 0 Å². The first-order chi connectivity index (χ1) is 7.83. The van der Waals surface area contributed by atoms with Crippen molar-refractivity contribution >= 4 is 32.5 Å². The van der Waals surface area contributed by atoms with E-state index in [0.717, 1.165) is 26.8 Å². The summed E-state index contributed by atoms with van der Waals surface area (Å²) in [4.78, 5) is 7.61. The third kappa shape index (κ3) is 1.60. The Morgan fingerprint density at radius 2 is 2.25 bits per heavy atom. The lowest BCUT2D eigenvalue weighted by Crippen LogP contribution is -1.82. The molecule has 0 spiro atoms. The average Bonchev–Trinajstić information content (AvgIpc) is 2.73. The predicted octanol–water partition coefficient (Wildman–Crippen LogP) is 3.64. The predicted molar refractivity (Wildman–Crippen MR) is 68.7 cm³/mol. The molecule has 16 heavy (non-hydrogen) atoms. The third-order valence-electron chi connectivity index (χ3n) is 2.47. The molecule has 2 heterocycles. The molecule has 0 atom stereocenters. The van der Waals surface area contributed by atoms with E-state index in [4.69, 9.17) is 0 Å². The monoisotopic (exact) mass is 271 g/mol. The van der Waals surface area contributed by atoms with Crippen LogP contribution in [-0.4, -0.2) is 9.97 Å². The zero-order chi connectivity index (χ0) is 11.0. The minimum Gasteiger partial charge on any atom is -0.337 e. The van der Waals surface area contributed by atoms with E-state index in [2.05, 4.69) is 44.1 Å². The molecule has 3 rings (SSSR count). The topological polar surface area (TPSA) is 28.7 Å². The Kier molecular flexibility index (Phi) is 2.21. The van der Waals surface area contributed by atoms with Crippen LogP contribution in [0.1, 0.15) is 5.69 Å². The smallest absolute Gasteiger partial charge is 0.137 e. The minimum atomic E-state index is 0.908. The summed E-state index contributed by atoms with van der Waals surface area (Å²) >= 11 is 3.42.